The summed E-state index contributed by atoms with van der Waals surface area (Å²) in [6, 6.07) is 5.21. The van der Waals surface area contributed by atoms with Crippen LogP contribution in [0.25, 0.3) is 0 Å². The third kappa shape index (κ3) is 7.86. The summed E-state index contributed by atoms with van der Waals surface area (Å²) in [5.74, 6) is -0.318. The van der Waals surface area contributed by atoms with Gasteiger partial charge in [-0.3, -0.25) is 4.90 Å². The van der Waals surface area contributed by atoms with Crippen molar-refractivity contribution in [2.75, 3.05) is 32.7 Å². The second kappa shape index (κ2) is 10.1. The lowest BCUT2D eigenvalue weighted by molar-refractivity contribution is -0.274. The largest absolute Gasteiger partial charge is 0.573 e. The highest BCUT2D eigenvalue weighted by Crippen LogP contribution is 2.23. The molecule has 9 heteroatoms. The second-order valence-electron chi connectivity index (χ2n) is 6.24. The van der Waals surface area contributed by atoms with E-state index < -0.39 is 12.5 Å². The molecule has 0 N–H and O–H groups in total. The van der Waals surface area contributed by atoms with Crippen molar-refractivity contribution in [1.82, 2.24) is 9.80 Å². The molecule has 1 saturated heterocycles. The average molecular weight is 388 g/mol. The summed E-state index contributed by atoms with van der Waals surface area (Å²) in [7, 11) is 0. The van der Waals surface area contributed by atoms with E-state index in [9.17, 15) is 22.8 Å². The molecule has 1 aromatic rings. The fourth-order valence-electron chi connectivity index (χ4n) is 2.74. The van der Waals surface area contributed by atoms with Crippen LogP contribution >= 0.6 is 0 Å². The molecule has 6 nitrogen and oxygen atoms in total. The zero-order valence-electron chi connectivity index (χ0n) is 14.9. The molecule has 150 valence electrons. The van der Waals surface area contributed by atoms with Crippen LogP contribution in [0.4, 0.5) is 18.0 Å². The van der Waals surface area contributed by atoms with Gasteiger partial charge in [-0.05, 0) is 37.1 Å². The molecule has 0 atom stereocenters. The monoisotopic (exact) mass is 388 g/mol. The van der Waals surface area contributed by atoms with Gasteiger partial charge in [0.2, 0.25) is 0 Å². The number of carbonyl (C=O) groups is 2. The minimum atomic E-state index is -4.73. The molecule has 0 unspecified atom stereocenters. The number of alkyl halides is 3. The van der Waals surface area contributed by atoms with Crippen molar-refractivity contribution in [3.8, 4) is 5.75 Å². The van der Waals surface area contributed by atoms with Crippen LogP contribution in [0.2, 0.25) is 0 Å². The molecular weight excluding hydrogens is 365 g/mol. The molecule has 0 aromatic heterocycles. The van der Waals surface area contributed by atoms with Gasteiger partial charge >= 0.3 is 12.5 Å². The molecule has 1 aromatic carbocycles. The first-order valence-corrected chi connectivity index (χ1v) is 8.80. The minimum absolute atomic E-state index is 0.0168. The standard InChI is InChI=1S/C18H23F3N2O4/c19-18(20,21)27-16-6-4-15(5-7-16)14-26-17(25)23-11-9-22(10-12-23)8-2-1-3-13-24/h4-7,13H,1-3,8-12,14H2. The quantitative estimate of drug-likeness (QED) is 0.506. The van der Waals surface area contributed by atoms with Gasteiger partial charge in [-0.2, -0.15) is 0 Å². The molecule has 1 amide bonds. The van der Waals surface area contributed by atoms with Crippen molar-refractivity contribution in [3.05, 3.63) is 29.8 Å². The maximum Gasteiger partial charge on any atom is 0.573 e. The van der Waals surface area contributed by atoms with Crippen molar-refractivity contribution in [3.63, 3.8) is 0 Å². The first kappa shape index (κ1) is 21.0. The Morgan fingerprint density at radius 2 is 1.74 bits per heavy atom. The molecule has 27 heavy (non-hydrogen) atoms. The Labute approximate surface area is 155 Å². The third-order valence-corrected chi connectivity index (χ3v) is 4.20. The smallest absolute Gasteiger partial charge is 0.445 e. The van der Waals surface area contributed by atoms with Crippen LogP contribution < -0.4 is 4.74 Å². The fourth-order valence-corrected chi connectivity index (χ4v) is 2.74. The van der Waals surface area contributed by atoms with Crippen LogP contribution in [0.1, 0.15) is 24.8 Å². The van der Waals surface area contributed by atoms with E-state index in [1.54, 1.807) is 4.90 Å². The number of benzene rings is 1. The fraction of sp³-hybridized carbons (Fsp3) is 0.556. The number of rotatable bonds is 8. The molecule has 1 fully saturated rings. The number of amides is 1. The molecule has 0 spiro atoms. The van der Waals surface area contributed by atoms with Crippen LogP contribution in [-0.4, -0.2) is 61.3 Å². The van der Waals surface area contributed by atoms with Gasteiger partial charge in [-0.25, -0.2) is 4.79 Å². The molecule has 0 saturated carbocycles. The molecule has 0 radical (unpaired) electrons. The first-order valence-electron chi connectivity index (χ1n) is 8.80. The number of hydrogen-bond donors (Lipinski definition) is 0. The van der Waals surface area contributed by atoms with Gasteiger partial charge in [-0.15, -0.1) is 13.2 Å². The van der Waals surface area contributed by atoms with Crippen molar-refractivity contribution in [1.29, 1.82) is 0 Å². The lowest BCUT2D eigenvalue weighted by Gasteiger charge is -2.34. The maximum absolute atomic E-state index is 12.1. The topological polar surface area (TPSA) is 59.1 Å². The highest BCUT2D eigenvalue weighted by Gasteiger charge is 2.31. The minimum Gasteiger partial charge on any atom is -0.445 e. The number of hydrogen-bond acceptors (Lipinski definition) is 5. The Morgan fingerprint density at radius 1 is 1.07 bits per heavy atom. The Hall–Kier alpha value is -2.29. The van der Waals surface area contributed by atoms with Crippen LogP contribution in [0, 0.1) is 0 Å². The highest BCUT2D eigenvalue weighted by molar-refractivity contribution is 5.67. The van der Waals surface area contributed by atoms with E-state index in [-0.39, 0.29) is 12.4 Å². The van der Waals surface area contributed by atoms with E-state index >= 15 is 0 Å². The zero-order chi connectivity index (χ0) is 19.7. The van der Waals surface area contributed by atoms with Crippen molar-refractivity contribution in [2.45, 2.75) is 32.2 Å². The molecule has 2 rings (SSSR count). The summed E-state index contributed by atoms with van der Waals surface area (Å²) in [5.41, 5.74) is 0.576. The molecule has 0 aliphatic carbocycles. The van der Waals surface area contributed by atoms with E-state index in [0.29, 0.717) is 25.1 Å². The van der Waals surface area contributed by atoms with Gasteiger partial charge in [-0.1, -0.05) is 12.1 Å². The van der Waals surface area contributed by atoms with Gasteiger partial charge < -0.3 is 19.2 Å². The Morgan fingerprint density at radius 3 is 2.33 bits per heavy atom. The number of ether oxygens (including phenoxy) is 2. The normalized spacial score (nSPS) is 15.4. The Kier molecular flexibility index (Phi) is 7.90. The summed E-state index contributed by atoms with van der Waals surface area (Å²) in [6.45, 7) is 3.51. The summed E-state index contributed by atoms with van der Waals surface area (Å²) in [4.78, 5) is 26.2. The Bertz CT molecular complexity index is 600. The van der Waals surface area contributed by atoms with Crippen LogP contribution in [0.3, 0.4) is 0 Å². The van der Waals surface area contributed by atoms with E-state index in [2.05, 4.69) is 9.64 Å². The molecule has 1 aliphatic rings. The van der Waals surface area contributed by atoms with Gasteiger partial charge in [0.25, 0.3) is 0 Å². The van der Waals surface area contributed by atoms with E-state index in [4.69, 9.17) is 4.74 Å². The lowest BCUT2D eigenvalue weighted by Crippen LogP contribution is -2.48. The van der Waals surface area contributed by atoms with E-state index in [1.807, 2.05) is 0 Å². The third-order valence-electron chi connectivity index (χ3n) is 4.20. The van der Waals surface area contributed by atoms with E-state index in [1.165, 1.54) is 24.3 Å². The SMILES string of the molecule is O=CCCCCN1CCN(C(=O)OCc2ccc(OC(F)(F)F)cc2)CC1. The van der Waals surface area contributed by atoms with Gasteiger partial charge in [0.15, 0.2) is 0 Å². The number of carbonyl (C=O) groups excluding carboxylic acids is 2. The summed E-state index contributed by atoms with van der Waals surface area (Å²) < 4.78 is 45.4. The van der Waals surface area contributed by atoms with Crippen LogP contribution in [0.5, 0.6) is 5.75 Å². The average Bonchev–Trinajstić information content (AvgIpc) is 2.64. The van der Waals surface area contributed by atoms with Crippen LogP contribution in [0.15, 0.2) is 24.3 Å². The summed E-state index contributed by atoms with van der Waals surface area (Å²) in [5, 5.41) is 0. The van der Waals surface area contributed by atoms with E-state index in [0.717, 1.165) is 38.8 Å². The molecule has 0 bridgehead atoms. The van der Waals surface area contributed by atoms with Crippen molar-refractivity contribution in [2.24, 2.45) is 0 Å². The van der Waals surface area contributed by atoms with Crippen LogP contribution in [-0.2, 0) is 16.1 Å². The molecule has 1 aliphatic heterocycles. The lowest BCUT2D eigenvalue weighted by atomic mass is 10.2. The van der Waals surface area contributed by atoms with Crippen molar-refractivity contribution < 1.29 is 32.2 Å². The predicted octanol–water partition coefficient (Wildman–Crippen LogP) is 3.21. The number of nitrogens with zero attached hydrogens (tertiary/aromatic N) is 2. The maximum atomic E-state index is 12.1. The second-order valence-corrected chi connectivity index (χ2v) is 6.24. The summed E-state index contributed by atoms with van der Waals surface area (Å²) >= 11 is 0. The molecular formula is C18H23F3N2O4. The Balaban J connectivity index is 1.68. The number of piperazine rings is 1. The first-order chi connectivity index (χ1) is 12.9. The predicted molar refractivity (Wildman–Crippen MR) is 91.2 cm³/mol. The van der Waals surface area contributed by atoms with Gasteiger partial charge in [0.1, 0.15) is 18.6 Å². The van der Waals surface area contributed by atoms with Gasteiger partial charge in [0, 0.05) is 32.6 Å². The highest BCUT2D eigenvalue weighted by atomic mass is 19.4. The van der Waals surface area contributed by atoms with Gasteiger partial charge in [0.05, 0.1) is 0 Å². The number of unbranched alkanes of at least 4 members (excludes halogenated alkanes) is 2. The van der Waals surface area contributed by atoms with Crippen molar-refractivity contribution >= 4 is 12.4 Å². The zero-order valence-corrected chi connectivity index (χ0v) is 14.9. The number of halogens is 3. The molecule has 1 heterocycles. The summed E-state index contributed by atoms with van der Waals surface area (Å²) in [6.07, 6.45) is -1.84. The number of aldehydes is 1.